The molecule has 2 aliphatic rings. The number of halogens is 1. The fourth-order valence-corrected chi connectivity index (χ4v) is 7.25. The summed E-state index contributed by atoms with van der Waals surface area (Å²) >= 11 is 6.28. The molecule has 2 fully saturated rings. The van der Waals surface area contributed by atoms with Gasteiger partial charge in [-0.05, 0) is 74.6 Å². The maximum atomic E-state index is 13.5. The van der Waals surface area contributed by atoms with E-state index in [1.54, 1.807) is 50.4 Å². The molecule has 1 aliphatic heterocycles. The molecule has 190 valence electrons. The normalized spacial score (nSPS) is 20.0. The minimum absolute atomic E-state index is 0.137. The van der Waals surface area contributed by atoms with Crippen molar-refractivity contribution in [2.75, 3.05) is 33.8 Å². The van der Waals surface area contributed by atoms with E-state index in [-0.39, 0.29) is 11.3 Å². The average molecular weight is 519 g/mol. The number of carbonyl (C=O) groups is 1. The van der Waals surface area contributed by atoms with Gasteiger partial charge < -0.3 is 9.64 Å². The van der Waals surface area contributed by atoms with Gasteiger partial charge in [0.25, 0.3) is 5.91 Å². The molecule has 0 radical (unpaired) electrons. The van der Waals surface area contributed by atoms with Crippen LogP contribution in [0.5, 0.6) is 5.75 Å². The molecule has 1 spiro atoms. The molecule has 0 unspecified atom stereocenters. The van der Waals surface area contributed by atoms with Crippen LogP contribution in [0.15, 0.2) is 48.5 Å². The van der Waals surface area contributed by atoms with Gasteiger partial charge >= 0.3 is 0 Å². The van der Waals surface area contributed by atoms with Crippen LogP contribution in [0.25, 0.3) is 0 Å². The first-order chi connectivity index (χ1) is 16.5. The molecule has 0 bridgehead atoms. The summed E-state index contributed by atoms with van der Waals surface area (Å²) in [5.41, 5.74) is 1.52. The van der Waals surface area contributed by atoms with Crippen LogP contribution in [0.3, 0.4) is 0 Å². The van der Waals surface area contributed by atoms with E-state index in [1.165, 1.54) is 4.90 Å². The predicted molar refractivity (Wildman–Crippen MR) is 139 cm³/mol. The van der Waals surface area contributed by atoms with Gasteiger partial charge in [0.2, 0.25) is 10.0 Å². The lowest BCUT2D eigenvalue weighted by molar-refractivity contribution is 0.0827. The highest BCUT2D eigenvalue weighted by molar-refractivity contribution is 7.90. The van der Waals surface area contributed by atoms with E-state index in [2.05, 4.69) is 0 Å². The number of ether oxygens (including phenoxy) is 1. The molecule has 1 saturated carbocycles. The SMILES string of the molecule is CN(C)C(=O)c1ccc(OCC[C@@H]2CC23CCN(S(=O)(=O)C(C)(C)c2ccccc2)CC3)cc1Cl. The topological polar surface area (TPSA) is 66.9 Å². The molecule has 1 amide bonds. The van der Waals surface area contributed by atoms with Gasteiger partial charge in [0, 0.05) is 27.2 Å². The molecule has 2 aromatic rings. The number of hydrogen-bond donors (Lipinski definition) is 0. The molecule has 1 aliphatic carbocycles. The highest BCUT2D eigenvalue weighted by atomic mass is 35.5. The molecule has 0 N–H and O–H groups in total. The molecular formula is C27H35ClN2O4S. The largest absolute Gasteiger partial charge is 0.494 e. The molecule has 2 aromatic carbocycles. The third-order valence-electron chi connectivity index (χ3n) is 7.84. The molecular weight excluding hydrogens is 484 g/mol. The maximum Gasteiger partial charge on any atom is 0.254 e. The number of amides is 1. The van der Waals surface area contributed by atoms with E-state index >= 15 is 0 Å². The second kappa shape index (κ2) is 9.75. The lowest BCUT2D eigenvalue weighted by Crippen LogP contribution is -2.47. The summed E-state index contributed by atoms with van der Waals surface area (Å²) in [7, 11) is -0.0715. The number of benzene rings is 2. The Morgan fingerprint density at radius 1 is 1.14 bits per heavy atom. The predicted octanol–water partition coefficient (Wildman–Crippen LogP) is 5.18. The van der Waals surface area contributed by atoms with Crippen LogP contribution in [-0.4, -0.2) is 57.3 Å². The second-order valence-corrected chi connectivity index (χ2v) is 13.4. The first kappa shape index (κ1) is 26.0. The fourth-order valence-electron chi connectivity index (χ4n) is 5.25. The van der Waals surface area contributed by atoms with Crippen LogP contribution >= 0.6 is 11.6 Å². The molecule has 0 aromatic heterocycles. The summed E-state index contributed by atoms with van der Waals surface area (Å²) in [6.07, 6.45) is 3.85. The van der Waals surface area contributed by atoms with Crippen molar-refractivity contribution in [3.63, 3.8) is 0 Å². The second-order valence-electron chi connectivity index (χ2n) is 10.5. The zero-order chi connectivity index (χ0) is 25.4. The van der Waals surface area contributed by atoms with Crippen molar-refractivity contribution >= 4 is 27.5 Å². The van der Waals surface area contributed by atoms with Gasteiger partial charge in [0.05, 0.1) is 17.2 Å². The summed E-state index contributed by atoms with van der Waals surface area (Å²) in [5, 5.41) is 0.385. The first-order valence-electron chi connectivity index (χ1n) is 12.2. The van der Waals surface area contributed by atoms with Gasteiger partial charge in [-0.3, -0.25) is 4.79 Å². The summed E-state index contributed by atoms with van der Waals surface area (Å²) < 4.78 is 33.6. The van der Waals surface area contributed by atoms with Crippen LogP contribution in [0.1, 0.15) is 55.5 Å². The van der Waals surface area contributed by atoms with Gasteiger partial charge in [-0.25, -0.2) is 12.7 Å². The summed E-state index contributed by atoms with van der Waals surface area (Å²) in [5.74, 6) is 1.07. The van der Waals surface area contributed by atoms with Gasteiger partial charge in [-0.15, -0.1) is 0 Å². The molecule has 4 rings (SSSR count). The first-order valence-corrected chi connectivity index (χ1v) is 14.0. The van der Waals surface area contributed by atoms with E-state index in [4.69, 9.17) is 16.3 Å². The van der Waals surface area contributed by atoms with Crippen LogP contribution in [-0.2, 0) is 14.8 Å². The number of hydrogen-bond acceptors (Lipinski definition) is 4. The van der Waals surface area contributed by atoms with E-state index in [1.807, 2.05) is 30.3 Å². The van der Waals surface area contributed by atoms with Crippen molar-refractivity contribution in [1.29, 1.82) is 0 Å². The molecule has 35 heavy (non-hydrogen) atoms. The van der Waals surface area contributed by atoms with E-state index in [0.29, 0.717) is 41.9 Å². The Balaban J connectivity index is 1.28. The lowest BCUT2D eigenvalue weighted by Gasteiger charge is -2.37. The number of carbonyl (C=O) groups excluding carboxylic acids is 1. The van der Waals surface area contributed by atoms with Gasteiger partial charge in [0.15, 0.2) is 0 Å². The number of sulfonamides is 1. The third-order valence-corrected chi connectivity index (χ3v) is 10.7. The zero-order valence-electron chi connectivity index (χ0n) is 21.0. The zero-order valence-corrected chi connectivity index (χ0v) is 22.5. The third kappa shape index (κ3) is 5.09. The quantitative estimate of drug-likeness (QED) is 0.483. The van der Waals surface area contributed by atoms with Crippen molar-refractivity contribution in [1.82, 2.24) is 9.21 Å². The van der Waals surface area contributed by atoms with Gasteiger partial charge in [0.1, 0.15) is 10.5 Å². The molecule has 1 atom stereocenters. The smallest absolute Gasteiger partial charge is 0.254 e. The molecule has 8 heteroatoms. The Morgan fingerprint density at radius 2 is 1.80 bits per heavy atom. The van der Waals surface area contributed by atoms with Crippen LogP contribution in [0.4, 0.5) is 0 Å². The Kier molecular flexibility index (Phi) is 7.24. The van der Waals surface area contributed by atoms with Crippen molar-refractivity contribution < 1.29 is 17.9 Å². The van der Waals surface area contributed by atoms with Gasteiger partial charge in [-0.2, -0.15) is 0 Å². The summed E-state index contributed by atoms with van der Waals surface area (Å²) in [6.45, 7) is 5.33. The minimum atomic E-state index is -3.46. The lowest BCUT2D eigenvalue weighted by atomic mass is 9.91. The summed E-state index contributed by atoms with van der Waals surface area (Å²) in [6, 6.07) is 14.6. The molecule has 1 heterocycles. The van der Waals surface area contributed by atoms with Crippen molar-refractivity contribution in [2.24, 2.45) is 11.3 Å². The van der Waals surface area contributed by atoms with E-state index in [0.717, 1.165) is 31.2 Å². The number of rotatable bonds is 8. The summed E-state index contributed by atoms with van der Waals surface area (Å²) in [4.78, 5) is 13.6. The fraction of sp³-hybridized carbons (Fsp3) is 0.519. The average Bonchev–Trinajstić information content (AvgIpc) is 3.50. The van der Waals surface area contributed by atoms with E-state index in [9.17, 15) is 13.2 Å². The highest BCUT2D eigenvalue weighted by Crippen LogP contribution is 2.61. The van der Waals surface area contributed by atoms with Crippen molar-refractivity contribution in [2.45, 2.75) is 44.3 Å². The maximum absolute atomic E-state index is 13.5. The number of nitrogens with zero attached hydrogens (tertiary/aromatic N) is 2. The molecule has 6 nitrogen and oxygen atoms in total. The van der Waals surface area contributed by atoms with Gasteiger partial charge in [-0.1, -0.05) is 41.9 Å². The van der Waals surface area contributed by atoms with Crippen LogP contribution in [0, 0.1) is 11.3 Å². The highest BCUT2D eigenvalue weighted by Gasteiger charge is 2.56. The van der Waals surface area contributed by atoms with Crippen LogP contribution < -0.4 is 4.74 Å². The standard InChI is InChI=1S/C27H35ClN2O4S/c1-26(2,20-8-6-5-7-9-20)35(32,33)30-15-13-27(14-16-30)19-21(27)12-17-34-22-10-11-23(24(28)18-22)25(31)29(3)4/h5-11,18,21H,12-17,19H2,1-4H3/t21-/m1/s1. The minimum Gasteiger partial charge on any atom is -0.494 e. The Bertz CT molecular complexity index is 1170. The van der Waals surface area contributed by atoms with Crippen molar-refractivity contribution in [3.05, 3.63) is 64.7 Å². The monoisotopic (exact) mass is 518 g/mol. The Hall–Kier alpha value is -2.09. The van der Waals surface area contributed by atoms with E-state index < -0.39 is 14.8 Å². The Morgan fingerprint density at radius 3 is 2.40 bits per heavy atom. The van der Waals surface area contributed by atoms with Crippen LogP contribution in [0.2, 0.25) is 5.02 Å². The Labute approximate surface area is 214 Å². The number of piperidine rings is 1. The van der Waals surface area contributed by atoms with Crippen molar-refractivity contribution in [3.8, 4) is 5.75 Å². The molecule has 1 saturated heterocycles.